The van der Waals surface area contributed by atoms with E-state index in [2.05, 4.69) is 18.8 Å². The summed E-state index contributed by atoms with van der Waals surface area (Å²) >= 11 is 0. The molecule has 1 aliphatic rings. The molecule has 10 heavy (non-hydrogen) atoms. The lowest BCUT2D eigenvalue weighted by atomic mass is 10.4. The summed E-state index contributed by atoms with van der Waals surface area (Å²) in [6, 6.07) is 0.390. The molecule has 3 nitrogen and oxygen atoms in total. The van der Waals surface area contributed by atoms with E-state index in [-0.39, 0.29) is 11.0 Å². The van der Waals surface area contributed by atoms with Gasteiger partial charge in [0.1, 0.15) is 0 Å². The Morgan fingerprint density at radius 1 is 1.70 bits per heavy atom. The van der Waals surface area contributed by atoms with Crippen LogP contribution in [0.15, 0.2) is 11.8 Å². The first-order valence-electron chi connectivity index (χ1n) is 3.34. The summed E-state index contributed by atoms with van der Waals surface area (Å²) in [6.45, 7) is 4.29. The highest BCUT2D eigenvalue weighted by Gasteiger charge is 2.33. The van der Waals surface area contributed by atoms with E-state index in [4.69, 9.17) is 0 Å². The van der Waals surface area contributed by atoms with E-state index in [0.717, 1.165) is 6.04 Å². The predicted octanol–water partition coefficient (Wildman–Crippen LogP) is 1.45. The maximum absolute atomic E-state index is 10.3. The van der Waals surface area contributed by atoms with E-state index in [1.165, 1.54) is 0 Å². The Bertz CT molecular complexity index is 188. The van der Waals surface area contributed by atoms with Gasteiger partial charge in [0.25, 0.3) is 0 Å². The molecule has 0 spiro atoms. The second-order valence-electron chi connectivity index (χ2n) is 3.40. The van der Waals surface area contributed by atoms with Gasteiger partial charge >= 0.3 is 0 Å². The fraction of sp³-hybridized carbons (Fsp3) is 0.667. The van der Waals surface area contributed by atoms with E-state index in [1.54, 1.807) is 6.08 Å². The van der Waals surface area contributed by atoms with Crippen LogP contribution in [0.25, 0.3) is 0 Å². The molecule has 0 N–H and O–H groups in total. The Hall–Kier alpha value is -0.643. The lowest BCUT2D eigenvalue weighted by molar-refractivity contribution is -0.504. The first kappa shape index (κ1) is 7.46. The standard InChI is InChI=1S/C6H11NO2Si/c1-10(2)4-3-6(5-10)7(8)9/h3-4,6H,5H2,1-2H3. The highest BCUT2D eigenvalue weighted by atomic mass is 28.3. The molecule has 4 heteroatoms. The van der Waals surface area contributed by atoms with Crippen molar-refractivity contribution in [2.75, 3.05) is 0 Å². The first-order chi connectivity index (χ1) is 4.51. The monoisotopic (exact) mass is 157 g/mol. The third kappa shape index (κ3) is 1.44. The smallest absolute Gasteiger partial charge is 0.228 e. The first-order valence-corrected chi connectivity index (χ1v) is 6.62. The lowest BCUT2D eigenvalue weighted by Crippen LogP contribution is -2.25. The second-order valence-corrected chi connectivity index (χ2v) is 8.12. The second kappa shape index (κ2) is 2.19. The summed E-state index contributed by atoms with van der Waals surface area (Å²) in [5.74, 6) is 0. The van der Waals surface area contributed by atoms with Gasteiger partial charge in [0.2, 0.25) is 6.04 Å². The van der Waals surface area contributed by atoms with Crippen LogP contribution in [0, 0.1) is 10.1 Å². The molecule has 1 aliphatic heterocycles. The molecular weight excluding hydrogens is 146 g/mol. The van der Waals surface area contributed by atoms with Gasteiger partial charge < -0.3 is 0 Å². The average Bonchev–Trinajstić information content (AvgIpc) is 2.10. The molecule has 0 amide bonds. The fourth-order valence-electron chi connectivity index (χ4n) is 1.19. The van der Waals surface area contributed by atoms with E-state index < -0.39 is 8.07 Å². The summed E-state index contributed by atoms with van der Waals surface area (Å²) in [5, 5.41) is 10.3. The molecule has 0 saturated heterocycles. The molecule has 0 radical (unpaired) electrons. The Balaban J connectivity index is 2.62. The van der Waals surface area contributed by atoms with Crippen molar-refractivity contribution in [3.63, 3.8) is 0 Å². The number of hydrogen-bond donors (Lipinski definition) is 0. The number of nitro groups is 1. The minimum atomic E-state index is -1.29. The Morgan fingerprint density at radius 2 is 2.30 bits per heavy atom. The largest absolute Gasteiger partial charge is 0.264 e. The zero-order chi connectivity index (χ0) is 7.78. The molecule has 0 aromatic heterocycles. The molecule has 1 rings (SSSR count). The lowest BCUT2D eigenvalue weighted by Gasteiger charge is -2.09. The molecule has 0 aromatic rings. The van der Waals surface area contributed by atoms with E-state index in [1.807, 2.05) is 0 Å². The maximum Gasteiger partial charge on any atom is 0.228 e. The molecule has 0 aliphatic carbocycles. The summed E-state index contributed by atoms with van der Waals surface area (Å²) in [4.78, 5) is 10.1. The Kier molecular flexibility index (Phi) is 1.64. The van der Waals surface area contributed by atoms with Crippen molar-refractivity contribution in [2.45, 2.75) is 25.2 Å². The molecule has 0 bridgehead atoms. The minimum absolute atomic E-state index is 0.196. The van der Waals surface area contributed by atoms with Gasteiger partial charge in [-0.15, -0.1) is 0 Å². The van der Waals surface area contributed by atoms with Crippen molar-refractivity contribution in [1.29, 1.82) is 0 Å². The summed E-state index contributed by atoms with van der Waals surface area (Å²) in [6.07, 6.45) is 1.74. The van der Waals surface area contributed by atoms with Gasteiger partial charge in [-0.05, 0) is 6.08 Å². The van der Waals surface area contributed by atoms with Crippen LogP contribution in [-0.2, 0) is 0 Å². The van der Waals surface area contributed by atoms with Gasteiger partial charge in [-0.3, -0.25) is 10.1 Å². The third-order valence-electron chi connectivity index (χ3n) is 1.78. The summed E-state index contributed by atoms with van der Waals surface area (Å²) < 4.78 is 0. The van der Waals surface area contributed by atoms with Crippen molar-refractivity contribution in [1.82, 2.24) is 0 Å². The Morgan fingerprint density at radius 3 is 2.50 bits per heavy atom. The van der Waals surface area contributed by atoms with Crippen molar-refractivity contribution in [3.05, 3.63) is 21.9 Å². The molecule has 1 atom stereocenters. The zero-order valence-corrected chi connectivity index (χ0v) is 7.20. The quantitative estimate of drug-likeness (QED) is 0.328. The molecule has 0 saturated carbocycles. The van der Waals surface area contributed by atoms with E-state index >= 15 is 0 Å². The molecule has 0 fully saturated rings. The van der Waals surface area contributed by atoms with Gasteiger partial charge in [0, 0.05) is 11.0 Å². The van der Waals surface area contributed by atoms with Crippen molar-refractivity contribution in [3.8, 4) is 0 Å². The summed E-state index contributed by atoms with van der Waals surface area (Å²) in [7, 11) is -1.29. The van der Waals surface area contributed by atoms with E-state index in [0.29, 0.717) is 0 Å². The van der Waals surface area contributed by atoms with Gasteiger partial charge in [-0.2, -0.15) is 0 Å². The van der Waals surface area contributed by atoms with E-state index in [9.17, 15) is 10.1 Å². The normalized spacial score (nSPS) is 28.8. The van der Waals surface area contributed by atoms with Crippen LogP contribution >= 0.6 is 0 Å². The highest BCUT2D eigenvalue weighted by molar-refractivity contribution is 6.83. The van der Waals surface area contributed by atoms with Gasteiger partial charge in [0.15, 0.2) is 0 Å². The van der Waals surface area contributed by atoms with Crippen LogP contribution in [-0.4, -0.2) is 19.0 Å². The maximum atomic E-state index is 10.3. The Labute approximate surface area is 60.9 Å². The molecular formula is C6H11NO2Si. The molecule has 1 unspecified atom stereocenters. The van der Waals surface area contributed by atoms with Crippen LogP contribution in [0.3, 0.4) is 0 Å². The SMILES string of the molecule is C[Si]1(C)C=CC([N+](=O)[O-])C1. The fourth-order valence-corrected chi connectivity index (χ4v) is 3.43. The average molecular weight is 157 g/mol. The number of rotatable bonds is 1. The van der Waals surface area contributed by atoms with Gasteiger partial charge in [-0.25, -0.2) is 0 Å². The van der Waals surface area contributed by atoms with Crippen LogP contribution in [0.4, 0.5) is 0 Å². The van der Waals surface area contributed by atoms with Crippen LogP contribution in [0.5, 0.6) is 0 Å². The van der Waals surface area contributed by atoms with Crippen molar-refractivity contribution < 1.29 is 4.92 Å². The van der Waals surface area contributed by atoms with Crippen molar-refractivity contribution in [2.24, 2.45) is 0 Å². The molecule has 1 heterocycles. The van der Waals surface area contributed by atoms with Gasteiger partial charge in [-0.1, -0.05) is 18.8 Å². The molecule has 56 valence electrons. The summed E-state index contributed by atoms with van der Waals surface area (Å²) in [5.41, 5.74) is 2.06. The number of nitrogens with zero attached hydrogens (tertiary/aromatic N) is 1. The third-order valence-corrected chi connectivity index (χ3v) is 4.34. The highest BCUT2D eigenvalue weighted by Crippen LogP contribution is 2.23. The topological polar surface area (TPSA) is 43.1 Å². The van der Waals surface area contributed by atoms with Gasteiger partial charge in [0.05, 0.1) is 8.07 Å². The van der Waals surface area contributed by atoms with Crippen LogP contribution < -0.4 is 0 Å². The van der Waals surface area contributed by atoms with Crippen LogP contribution in [0.2, 0.25) is 19.1 Å². The van der Waals surface area contributed by atoms with Crippen LogP contribution in [0.1, 0.15) is 0 Å². The molecule has 0 aromatic carbocycles. The number of hydrogen-bond acceptors (Lipinski definition) is 2. The van der Waals surface area contributed by atoms with Crippen molar-refractivity contribution >= 4 is 8.07 Å². The minimum Gasteiger partial charge on any atom is -0.264 e. The predicted molar refractivity (Wildman–Crippen MR) is 42.2 cm³/mol. The zero-order valence-electron chi connectivity index (χ0n) is 6.20.